The maximum absolute atomic E-state index is 10.5. The van der Waals surface area contributed by atoms with E-state index in [9.17, 15) is 4.79 Å². The van der Waals surface area contributed by atoms with Crippen molar-refractivity contribution in [2.45, 2.75) is 13.3 Å². The topological polar surface area (TPSA) is 49.3 Å². The van der Waals surface area contributed by atoms with E-state index in [1.165, 1.54) is 0 Å². The van der Waals surface area contributed by atoms with Crippen molar-refractivity contribution < 1.29 is 9.90 Å². The molecule has 3 nitrogen and oxygen atoms in total. The van der Waals surface area contributed by atoms with Crippen LogP contribution in [0.1, 0.15) is 13.3 Å². The molecule has 0 aliphatic carbocycles. The molecule has 4 heteroatoms. The Kier molecular flexibility index (Phi) is 4.45. The van der Waals surface area contributed by atoms with Crippen molar-refractivity contribution in [1.29, 1.82) is 0 Å². The number of rotatable bonds is 1. The van der Waals surface area contributed by atoms with Gasteiger partial charge in [-0.2, -0.15) is 0 Å². The van der Waals surface area contributed by atoms with Gasteiger partial charge in [0.15, 0.2) is 0 Å². The molecule has 1 rings (SSSR count). The van der Waals surface area contributed by atoms with Gasteiger partial charge in [0.1, 0.15) is 0 Å². The molecule has 1 fully saturated rings. The number of hydrogen-bond donors (Lipinski definition) is 2. The number of hydrogen-bond acceptors (Lipinski definition) is 2. The molecule has 2 atom stereocenters. The number of piperidine rings is 1. The highest BCUT2D eigenvalue weighted by atomic mass is 35.5. The molecule has 66 valence electrons. The summed E-state index contributed by atoms with van der Waals surface area (Å²) in [6.45, 7) is 3.67. The number of aliphatic carboxylic acids is 1. The predicted octanol–water partition coefficient (Wildman–Crippen LogP) is 0.738. The summed E-state index contributed by atoms with van der Waals surface area (Å²) in [5.41, 5.74) is 0. The molecule has 1 aliphatic rings. The summed E-state index contributed by atoms with van der Waals surface area (Å²) < 4.78 is 0. The molecule has 0 radical (unpaired) electrons. The zero-order valence-electron chi connectivity index (χ0n) is 6.54. The lowest BCUT2D eigenvalue weighted by atomic mass is 9.92. The average Bonchev–Trinajstić information content (AvgIpc) is 1.88. The van der Waals surface area contributed by atoms with Crippen molar-refractivity contribution in [3.63, 3.8) is 0 Å². The van der Waals surface area contributed by atoms with Crippen LogP contribution in [0.5, 0.6) is 0 Å². The van der Waals surface area contributed by atoms with Gasteiger partial charge in [0.25, 0.3) is 0 Å². The third-order valence-electron chi connectivity index (χ3n) is 1.92. The molecule has 0 spiro atoms. The first kappa shape index (κ1) is 10.7. The minimum absolute atomic E-state index is 0. The van der Waals surface area contributed by atoms with Gasteiger partial charge in [-0.05, 0) is 18.9 Å². The molecule has 11 heavy (non-hydrogen) atoms. The molecule has 2 N–H and O–H groups in total. The van der Waals surface area contributed by atoms with Crippen LogP contribution in [-0.2, 0) is 4.79 Å². The highest BCUT2D eigenvalue weighted by Crippen LogP contribution is 2.15. The van der Waals surface area contributed by atoms with E-state index in [4.69, 9.17) is 5.11 Å². The first-order valence-corrected chi connectivity index (χ1v) is 3.63. The van der Waals surface area contributed by atoms with Gasteiger partial charge >= 0.3 is 5.97 Å². The number of carboxylic acids is 1. The smallest absolute Gasteiger partial charge is 0.307 e. The van der Waals surface area contributed by atoms with Crippen LogP contribution in [0.25, 0.3) is 0 Å². The van der Waals surface area contributed by atoms with E-state index < -0.39 is 5.97 Å². The van der Waals surface area contributed by atoms with Crippen LogP contribution in [0.2, 0.25) is 0 Å². The SMILES string of the molecule is C[C@H]1CNC[C@@H](C(=O)O)C1.Cl. The second-order valence-electron chi connectivity index (χ2n) is 3.03. The van der Waals surface area contributed by atoms with Gasteiger partial charge in [0.2, 0.25) is 0 Å². The van der Waals surface area contributed by atoms with E-state index in [2.05, 4.69) is 12.2 Å². The van der Waals surface area contributed by atoms with E-state index >= 15 is 0 Å². The minimum atomic E-state index is -0.668. The van der Waals surface area contributed by atoms with Crippen LogP contribution in [-0.4, -0.2) is 24.2 Å². The zero-order chi connectivity index (χ0) is 7.56. The van der Waals surface area contributed by atoms with Crippen molar-refractivity contribution in [3.8, 4) is 0 Å². The van der Waals surface area contributed by atoms with Gasteiger partial charge in [-0.15, -0.1) is 12.4 Å². The van der Waals surface area contributed by atoms with E-state index in [-0.39, 0.29) is 18.3 Å². The maximum Gasteiger partial charge on any atom is 0.307 e. The standard InChI is InChI=1S/C7H13NO2.ClH/c1-5-2-6(7(9)10)4-8-3-5;/h5-6,8H,2-4H2,1H3,(H,9,10);1H/t5-,6+;/m1./s1. The van der Waals surface area contributed by atoms with Crippen LogP contribution in [0.3, 0.4) is 0 Å². The van der Waals surface area contributed by atoms with Crippen molar-refractivity contribution >= 4 is 18.4 Å². The minimum Gasteiger partial charge on any atom is -0.481 e. The molecule has 1 heterocycles. The van der Waals surface area contributed by atoms with Crippen molar-refractivity contribution in [2.75, 3.05) is 13.1 Å². The Hall–Kier alpha value is -0.280. The van der Waals surface area contributed by atoms with Crippen LogP contribution in [0, 0.1) is 11.8 Å². The first-order chi connectivity index (χ1) is 4.70. The fraction of sp³-hybridized carbons (Fsp3) is 0.857. The Labute approximate surface area is 72.6 Å². The number of halogens is 1. The summed E-state index contributed by atoms with van der Waals surface area (Å²) in [4.78, 5) is 10.5. The normalized spacial score (nSPS) is 30.6. The summed E-state index contributed by atoms with van der Waals surface area (Å²) in [6.07, 6.45) is 0.822. The van der Waals surface area contributed by atoms with E-state index in [0.717, 1.165) is 13.0 Å². The van der Waals surface area contributed by atoms with Gasteiger partial charge < -0.3 is 10.4 Å². The predicted molar refractivity (Wildman–Crippen MR) is 45.0 cm³/mol. The highest BCUT2D eigenvalue weighted by molar-refractivity contribution is 5.85. The lowest BCUT2D eigenvalue weighted by Gasteiger charge is -2.24. The molecular formula is C7H14ClNO2. The number of nitrogens with one attached hydrogen (secondary N) is 1. The molecule has 0 aromatic rings. The zero-order valence-corrected chi connectivity index (χ0v) is 7.36. The third-order valence-corrected chi connectivity index (χ3v) is 1.92. The molecule has 1 saturated heterocycles. The van der Waals surface area contributed by atoms with Crippen molar-refractivity contribution in [2.24, 2.45) is 11.8 Å². The lowest BCUT2D eigenvalue weighted by molar-refractivity contribution is -0.142. The largest absolute Gasteiger partial charge is 0.481 e. The van der Waals surface area contributed by atoms with Crippen LogP contribution in [0.15, 0.2) is 0 Å². The second-order valence-corrected chi connectivity index (χ2v) is 3.03. The summed E-state index contributed by atoms with van der Waals surface area (Å²) in [5, 5.41) is 11.7. The Morgan fingerprint density at radius 3 is 2.55 bits per heavy atom. The summed E-state index contributed by atoms with van der Waals surface area (Å²) in [7, 11) is 0. The number of carbonyl (C=O) groups is 1. The Balaban J connectivity index is 0.000001000. The Morgan fingerprint density at radius 1 is 1.55 bits per heavy atom. The Morgan fingerprint density at radius 2 is 2.18 bits per heavy atom. The molecule has 1 aliphatic heterocycles. The fourth-order valence-corrected chi connectivity index (χ4v) is 1.34. The molecule has 0 bridgehead atoms. The van der Waals surface area contributed by atoms with Gasteiger partial charge in [0.05, 0.1) is 5.92 Å². The quantitative estimate of drug-likeness (QED) is 0.624. The van der Waals surface area contributed by atoms with Gasteiger partial charge in [-0.25, -0.2) is 0 Å². The van der Waals surface area contributed by atoms with Gasteiger partial charge in [0, 0.05) is 6.54 Å². The molecule has 0 aromatic carbocycles. The second kappa shape index (κ2) is 4.57. The molecular weight excluding hydrogens is 166 g/mol. The third kappa shape index (κ3) is 3.08. The average molecular weight is 180 g/mol. The fourth-order valence-electron chi connectivity index (χ4n) is 1.34. The van der Waals surface area contributed by atoms with E-state index in [1.807, 2.05) is 0 Å². The molecule has 0 unspecified atom stereocenters. The van der Waals surface area contributed by atoms with Crippen LogP contribution in [0.4, 0.5) is 0 Å². The van der Waals surface area contributed by atoms with Crippen molar-refractivity contribution in [3.05, 3.63) is 0 Å². The van der Waals surface area contributed by atoms with Gasteiger partial charge in [-0.3, -0.25) is 4.79 Å². The van der Waals surface area contributed by atoms with Crippen molar-refractivity contribution in [1.82, 2.24) is 5.32 Å². The van der Waals surface area contributed by atoms with Crippen LogP contribution < -0.4 is 5.32 Å². The summed E-state index contributed by atoms with van der Waals surface area (Å²) in [6, 6.07) is 0. The maximum atomic E-state index is 10.5. The molecule has 0 amide bonds. The van der Waals surface area contributed by atoms with Crippen LogP contribution >= 0.6 is 12.4 Å². The summed E-state index contributed by atoms with van der Waals surface area (Å²) in [5.74, 6) is -0.322. The molecule has 0 saturated carbocycles. The van der Waals surface area contributed by atoms with E-state index in [1.54, 1.807) is 0 Å². The number of carboxylic acid groups (broad SMARTS) is 1. The highest BCUT2D eigenvalue weighted by Gasteiger charge is 2.23. The summed E-state index contributed by atoms with van der Waals surface area (Å²) >= 11 is 0. The Bertz CT molecular complexity index is 140. The lowest BCUT2D eigenvalue weighted by Crippen LogP contribution is -2.38. The molecule has 0 aromatic heterocycles. The monoisotopic (exact) mass is 179 g/mol. The first-order valence-electron chi connectivity index (χ1n) is 3.63. The van der Waals surface area contributed by atoms with E-state index in [0.29, 0.717) is 12.5 Å². The van der Waals surface area contributed by atoms with Gasteiger partial charge in [-0.1, -0.05) is 6.92 Å².